The van der Waals surface area contributed by atoms with Crippen molar-refractivity contribution in [3.8, 4) is 5.75 Å². The maximum absolute atomic E-state index is 11.5. The minimum Gasteiger partial charge on any atom is -0.493 e. The van der Waals surface area contributed by atoms with Gasteiger partial charge in [0.1, 0.15) is 17.1 Å². The molecule has 0 atom stereocenters. The van der Waals surface area contributed by atoms with E-state index in [0.717, 1.165) is 23.1 Å². The summed E-state index contributed by atoms with van der Waals surface area (Å²) < 4.78 is 5.61. The van der Waals surface area contributed by atoms with Crippen LogP contribution in [0.2, 0.25) is 0 Å². The van der Waals surface area contributed by atoms with E-state index in [2.05, 4.69) is 16.0 Å². The fraction of sp³-hybridized carbons (Fsp3) is 0.267. The summed E-state index contributed by atoms with van der Waals surface area (Å²) in [5, 5.41) is 8.75. The molecule has 0 fully saturated rings. The van der Waals surface area contributed by atoms with Crippen molar-refractivity contribution >= 4 is 5.97 Å². The second kappa shape index (κ2) is 6.21. The standard InChI is InChI=1S/C15H16N2O4/c1-9-5-10(2)7-11(6-9)21-4-3-13-16-8-12(15(19)20)14(18)17-13/h5-8H,3-4H2,1-2H3,(H,19,20)(H,16,17,18). The van der Waals surface area contributed by atoms with Crippen LogP contribution in [-0.2, 0) is 6.42 Å². The average molecular weight is 288 g/mol. The van der Waals surface area contributed by atoms with Crippen LogP contribution in [-0.4, -0.2) is 27.7 Å². The lowest BCUT2D eigenvalue weighted by Crippen LogP contribution is -2.21. The first-order valence-corrected chi connectivity index (χ1v) is 6.48. The summed E-state index contributed by atoms with van der Waals surface area (Å²) >= 11 is 0. The molecular weight excluding hydrogens is 272 g/mol. The van der Waals surface area contributed by atoms with Gasteiger partial charge in [0.15, 0.2) is 0 Å². The number of hydrogen-bond donors (Lipinski definition) is 2. The van der Waals surface area contributed by atoms with Gasteiger partial charge in [-0.15, -0.1) is 0 Å². The van der Waals surface area contributed by atoms with Crippen LogP contribution in [0.5, 0.6) is 5.75 Å². The van der Waals surface area contributed by atoms with E-state index in [4.69, 9.17) is 9.84 Å². The molecule has 0 saturated heterocycles. The molecule has 0 unspecified atom stereocenters. The van der Waals surface area contributed by atoms with E-state index in [0.29, 0.717) is 18.9 Å². The smallest absolute Gasteiger partial charge is 0.342 e. The highest BCUT2D eigenvalue weighted by Gasteiger charge is 2.09. The average Bonchev–Trinajstić information content (AvgIpc) is 2.37. The number of rotatable bonds is 5. The number of nitrogens with one attached hydrogen (secondary N) is 1. The van der Waals surface area contributed by atoms with E-state index in [9.17, 15) is 9.59 Å². The number of aromatic amines is 1. The third-order valence-electron chi connectivity index (χ3n) is 2.89. The highest BCUT2D eigenvalue weighted by atomic mass is 16.5. The van der Waals surface area contributed by atoms with Gasteiger partial charge in [0.05, 0.1) is 6.61 Å². The van der Waals surface area contributed by atoms with Crippen LogP contribution < -0.4 is 10.3 Å². The molecule has 2 rings (SSSR count). The Morgan fingerprint density at radius 3 is 2.52 bits per heavy atom. The zero-order valence-corrected chi connectivity index (χ0v) is 11.8. The van der Waals surface area contributed by atoms with E-state index in [1.54, 1.807) is 0 Å². The van der Waals surface area contributed by atoms with Crippen molar-refractivity contribution < 1.29 is 14.6 Å². The monoisotopic (exact) mass is 288 g/mol. The summed E-state index contributed by atoms with van der Waals surface area (Å²) in [6.07, 6.45) is 1.45. The fourth-order valence-electron chi connectivity index (χ4n) is 1.99. The topological polar surface area (TPSA) is 92.3 Å². The summed E-state index contributed by atoms with van der Waals surface area (Å²) in [6.45, 7) is 4.32. The van der Waals surface area contributed by atoms with E-state index in [1.165, 1.54) is 0 Å². The molecular formula is C15H16N2O4. The number of aromatic carboxylic acids is 1. The van der Waals surface area contributed by atoms with Gasteiger partial charge < -0.3 is 14.8 Å². The maximum atomic E-state index is 11.5. The van der Waals surface area contributed by atoms with Crippen LogP contribution in [0.25, 0.3) is 0 Å². The Bertz CT molecular complexity index is 702. The first kappa shape index (κ1) is 14.8. The van der Waals surface area contributed by atoms with Gasteiger partial charge in [-0.1, -0.05) is 6.07 Å². The van der Waals surface area contributed by atoms with Gasteiger partial charge in [-0.25, -0.2) is 9.78 Å². The predicted octanol–water partition coefficient (Wildman–Crippen LogP) is 1.71. The van der Waals surface area contributed by atoms with Crippen LogP contribution >= 0.6 is 0 Å². The number of carboxylic acid groups (broad SMARTS) is 1. The molecule has 0 spiro atoms. The van der Waals surface area contributed by atoms with Gasteiger partial charge in [0, 0.05) is 12.6 Å². The van der Waals surface area contributed by atoms with Crippen molar-refractivity contribution in [3.05, 3.63) is 57.3 Å². The number of carboxylic acids is 1. The highest BCUT2D eigenvalue weighted by Crippen LogP contribution is 2.16. The van der Waals surface area contributed by atoms with Gasteiger partial charge in [0.2, 0.25) is 0 Å². The molecule has 0 aliphatic heterocycles. The quantitative estimate of drug-likeness (QED) is 0.873. The van der Waals surface area contributed by atoms with Crippen molar-refractivity contribution in [3.63, 3.8) is 0 Å². The van der Waals surface area contributed by atoms with Crippen LogP contribution in [0.3, 0.4) is 0 Å². The summed E-state index contributed by atoms with van der Waals surface area (Å²) in [7, 11) is 0. The Kier molecular flexibility index (Phi) is 4.37. The Morgan fingerprint density at radius 1 is 1.29 bits per heavy atom. The number of ether oxygens (including phenoxy) is 1. The molecule has 110 valence electrons. The lowest BCUT2D eigenvalue weighted by Gasteiger charge is -2.08. The van der Waals surface area contributed by atoms with Crippen molar-refractivity contribution in [2.75, 3.05) is 6.61 Å². The number of benzene rings is 1. The highest BCUT2D eigenvalue weighted by molar-refractivity contribution is 5.86. The predicted molar refractivity (Wildman–Crippen MR) is 76.9 cm³/mol. The van der Waals surface area contributed by atoms with Gasteiger partial charge in [-0.05, 0) is 37.1 Å². The molecule has 1 heterocycles. The third kappa shape index (κ3) is 3.92. The molecule has 1 aromatic heterocycles. The van der Waals surface area contributed by atoms with Crippen molar-refractivity contribution in [2.45, 2.75) is 20.3 Å². The van der Waals surface area contributed by atoms with Crippen LogP contribution in [0.15, 0.2) is 29.2 Å². The molecule has 6 nitrogen and oxygen atoms in total. The Morgan fingerprint density at radius 2 is 1.95 bits per heavy atom. The van der Waals surface area contributed by atoms with E-state index < -0.39 is 11.5 Å². The maximum Gasteiger partial charge on any atom is 0.342 e. The molecule has 0 amide bonds. The molecule has 2 aromatic rings. The van der Waals surface area contributed by atoms with E-state index in [-0.39, 0.29) is 5.56 Å². The third-order valence-corrected chi connectivity index (χ3v) is 2.89. The Labute approximate surface area is 121 Å². The largest absolute Gasteiger partial charge is 0.493 e. The van der Waals surface area contributed by atoms with E-state index in [1.807, 2.05) is 26.0 Å². The summed E-state index contributed by atoms with van der Waals surface area (Å²) in [5.74, 6) is -0.131. The number of hydrogen-bond acceptors (Lipinski definition) is 4. The van der Waals surface area contributed by atoms with Crippen LogP contribution in [0.1, 0.15) is 27.3 Å². The summed E-state index contributed by atoms with van der Waals surface area (Å²) in [5.41, 5.74) is 1.21. The fourth-order valence-corrected chi connectivity index (χ4v) is 1.99. The van der Waals surface area contributed by atoms with Gasteiger partial charge in [-0.3, -0.25) is 4.79 Å². The molecule has 0 saturated carbocycles. The second-order valence-corrected chi connectivity index (χ2v) is 4.80. The lowest BCUT2D eigenvalue weighted by atomic mass is 10.1. The van der Waals surface area contributed by atoms with E-state index >= 15 is 0 Å². The van der Waals surface area contributed by atoms with Crippen molar-refractivity contribution in [2.24, 2.45) is 0 Å². The normalized spacial score (nSPS) is 10.4. The number of H-pyrrole nitrogens is 1. The number of aryl methyl sites for hydroxylation is 2. The molecule has 6 heteroatoms. The first-order valence-electron chi connectivity index (χ1n) is 6.48. The van der Waals surface area contributed by atoms with Crippen molar-refractivity contribution in [1.82, 2.24) is 9.97 Å². The number of carbonyl (C=O) groups is 1. The zero-order chi connectivity index (χ0) is 15.4. The second-order valence-electron chi connectivity index (χ2n) is 4.80. The molecule has 1 aromatic carbocycles. The molecule has 2 N–H and O–H groups in total. The molecule has 0 aliphatic carbocycles. The molecule has 0 radical (unpaired) electrons. The number of nitrogens with zero attached hydrogens (tertiary/aromatic N) is 1. The Hall–Kier alpha value is -2.63. The Balaban J connectivity index is 1.99. The van der Waals surface area contributed by atoms with Gasteiger partial charge >= 0.3 is 5.97 Å². The minimum atomic E-state index is -1.29. The SMILES string of the molecule is Cc1cc(C)cc(OCCc2ncc(C(=O)O)c(=O)[nH]2)c1. The molecule has 0 aliphatic rings. The zero-order valence-electron chi connectivity index (χ0n) is 11.8. The van der Waals surface area contributed by atoms with Crippen LogP contribution in [0, 0.1) is 13.8 Å². The lowest BCUT2D eigenvalue weighted by molar-refractivity contribution is 0.0694. The van der Waals surface area contributed by atoms with Gasteiger partial charge in [0.25, 0.3) is 5.56 Å². The number of aromatic nitrogens is 2. The summed E-state index contributed by atoms with van der Waals surface area (Å²) in [4.78, 5) is 28.5. The molecule has 0 bridgehead atoms. The van der Waals surface area contributed by atoms with Gasteiger partial charge in [-0.2, -0.15) is 0 Å². The molecule has 21 heavy (non-hydrogen) atoms. The van der Waals surface area contributed by atoms with Crippen molar-refractivity contribution in [1.29, 1.82) is 0 Å². The first-order chi connectivity index (χ1) is 9.95. The van der Waals surface area contributed by atoms with Crippen LogP contribution in [0.4, 0.5) is 0 Å². The summed E-state index contributed by atoms with van der Waals surface area (Å²) in [6, 6.07) is 5.91. The minimum absolute atomic E-state index is 0.345.